The molecule has 1 unspecified atom stereocenters. The van der Waals surface area contributed by atoms with Crippen LogP contribution in [0.25, 0.3) is 0 Å². The molecule has 21 heavy (non-hydrogen) atoms. The molecule has 5 heteroatoms. The van der Waals surface area contributed by atoms with Crippen molar-refractivity contribution in [3.05, 3.63) is 22.8 Å². The molecule has 0 aromatic carbocycles. The number of carbonyl (C=O) groups excluding carboxylic acids is 1. The summed E-state index contributed by atoms with van der Waals surface area (Å²) in [6, 6.07) is 3.56. The van der Waals surface area contributed by atoms with Gasteiger partial charge >= 0.3 is 0 Å². The topological polar surface area (TPSA) is 45.2 Å². The van der Waals surface area contributed by atoms with E-state index in [4.69, 9.17) is 11.6 Å². The van der Waals surface area contributed by atoms with Crippen molar-refractivity contribution in [2.24, 2.45) is 11.8 Å². The maximum Gasteiger partial charge on any atom is 0.274 e. The van der Waals surface area contributed by atoms with Crippen molar-refractivity contribution in [3.8, 4) is 0 Å². The number of rotatable bonds is 5. The van der Waals surface area contributed by atoms with E-state index in [0.29, 0.717) is 28.4 Å². The molecule has 1 saturated heterocycles. The van der Waals surface area contributed by atoms with Crippen LogP contribution < -0.4 is 5.32 Å². The van der Waals surface area contributed by atoms with Gasteiger partial charge in [0.15, 0.2) is 0 Å². The molecule has 0 aliphatic carbocycles. The lowest BCUT2D eigenvalue weighted by molar-refractivity contribution is 0.0778. The molecule has 1 amide bonds. The average Bonchev–Trinajstić information content (AvgIpc) is 2.95. The molecular formula is C16H24ClN3O. The van der Waals surface area contributed by atoms with Gasteiger partial charge in [0, 0.05) is 19.6 Å². The second-order valence-corrected chi connectivity index (χ2v) is 6.40. The standard InChI is InChI=1S/C16H24ClN3O/c1-4-8-18-14-6-5-13(17)15(19-14)16(21)20-9-7-12(10-20)11(2)3/h5-6,11-12H,4,7-10H2,1-3H3,(H,18,19). The lowest BCUT2D eigenvalue weighted by Crippen LogP contribution is -2.30. The van der Waals surface area contributed by atoms with Gasteiger partial charge in [-0.3, -0.25) is 4.79 Å². The van der Waals surface area contributed by atoms with Crippen molar-refractivity contribution < 1.29 is 4.79 Å². The van der Waals surface area contributed by atoms with E-state index in [1.807, 2.05) is 11.0 Å². The zero-order valence-electron chi connectivity index (χ0n) is 13.0. The molecule has 1 aromatic heterocycles. The van der Waals surface area contributed by atoms with Gasteiger partial charge in [-0.15, -0.1) is 0 Å². The smallest absolute Gasteiger partial charge is 0.274 e. The average molecular weight is 310 g/mol. The van der Waals surface area contributed by atoms with Gasteiger partial charge in [-0.1, -0.05) is 32.4 Å². The number of likely N-dealkylation sites (tertiary alicyclic amines) is 1. The molecule has 1 N–H and O–H groups in total. The van der Waals surface area contributed by atoms with Crippen LogP contribution in [0.4, 0.5) is 5.82 Å². The predicted octanol–water partition coefficient (Wildman–Crippen LogP) is 3.68. The highest BCUT2D eigenvalue weighted by Crippen LogP contribution is 2.26. The maximum absolute atomic E-state index is 12.6. The molecule has 1 aliphatic rings. The minimum absolute atomic E-state index is 0.0525. The zero-order valence-corrected chi connectivity index (χ0v) is 13.8. The highest BCUT2D eigenvalue weighted by atomic mass is 35.5. The van der Waals surface area contributed by atoms with Crippen LogP contribution in [0.15, 0.2) is 12.1 Å². The molecule has 4 nitrogen and oxygen atoms in total. The summed E-state index contributed by atoms with van der Waals surface area (Å²) in [6.07, 6.45) is 2.07. The van der Waals surface area contributed by atoms with Gasteiger partial charge in [-0.05, 0) is 36.8 Å². The van der Waals surface area contributed by atoms with Crippen molar-refractivity contribution in [1.82, 2.24) is 9.88 Å². The Labute approximate surface area is 131 Å². The number of hydrogen-bond donors (Lipinski definition) is 1. The number of pyridine rings is 1. The highest BCUT2D eigenvalue weighted by molar-refractivity contribution is 6.33. The molecule has 2 rings (SSSR count). The van der Waals surface area contributed by atoms with E-state index in [0.717, 1.165) is 32.5 Å². The summed E-state index contributed by atoms with van der Waals surface area (Å²) in [6.45, 7) is 8.94. The Morgan fingerprint density at radius 2 is 2.29 bits per heavy atom. The van der Waals surface area contributed by atoms with E-state index in [2.05, 4.69) is 31.1 Å². The molecule has 1 aromatic rings. The molecule has 0 radical (unpaired) electrons. The van der Waals surface area contributed by atoms with Gasteiger partial charge in [0.2, 0.25) is 0 Å². The fraction of sp³-hybridized carbons (Fsp3) is 0.625. The summed E-state index contributed by atoms with van der Waals surface area (Å²) in [5, 5.41) is 3.62. The fourth-order valence-corrected chi connectivity index (χ4v) is 2.80. The second-order valence-electron chi connectivity index (χ2n) is 6.00. The monoisotopic (exact) mass is 309 g/mol. The van der Waals surface area contributed by atoms with Gasteiger partial charge in [0.1, 0.15) is 11.5 Å². The molecule has 0 saturated carbocycles. The van der Waals surface area contributed by atoms with Crippen molar-refractivity contribution in [3.63, 3.8) is 0 Å². The van der Waals surface area contributed by atoms with E-state index in [1.165, 1.54) is 0 Å². The largest absolute Gasteiger partial charge is 0.370 e. The lowest BCUT2D eigenvalue weighted by Gasteiger charge is -2.18. The van der Waals surface area contributed by atoms with Gasteiger partial charge in [0.05, 0.1) is 5.02 Å². The molecule has 1 aliphatic heterocycles. The predicted molar refractivity (Wildman–Crippen MR) is 86.9 cm³/mol. The van der Waals surface area contributed by atoms with E-state index in [1.54, 1.807) is 6.07 Å². The Morgan fingerprint density at radius 3 is 2.90 bits per heavy atom. The van der Waals surface area contributed by atoms with E-state index >= 15 is 0 Å². The van der Waals surface area contributed by atoms with Crippen LogP contribution in [-0.4, -0.2) is 35.4 Å². The van der Waals surface area contributed by atoms with Gasteiger partial charge in [-0.25, -0.2) is 4.98 Å². The van der Waals surface area contributed by atoms with Crippen molar-refractivity contribution in [2.45, 2.75) is 33.6 Å². The van der Waals surface area contributed by atoms with Gasteiger partial charge in [0.25, 0.3) is 5.91 Å². The number of nitrogens with one attached hydrogen (secondary N) is 1. The Balaban J connectivity index is 2.11. The maximum atomic E-state index is 12.6. The van der Waals surface area contributed by atoms with Crippen molar-refractivity contribution in [1.29, 1.82) is 0 Å². The molecular weight excluding hydrogens is 286 g/mol. The molecule has 1 fully saturated rings. The number of halogens is 1. The van der Waals surface area contributed by atoms with Crippen LogP contribution in [0.2, 0.25) is 5.02 Å². The van der Waals surface area contributed by atoms with Gasteiger partial charge in [-0.2, -0.15) is 0 Å². The van der Waals surface area contributed by atoms with Crippen LogP contribution in [0.1, 0.15) is 44.1 Å². The SMILES string of the molecule is CCCNc1ccc(Cl)c(C(=O)N2CCC(C(C)C)C2)n1. The first kappa shape index (κ1) is 16.1. The van der Waals surface area contributed by atoms with Crippen molar-refractivity contribution >= 4 is 23.3 Å². The Kier molecular flexibility index (Phi) is 5.45. The number of hydrogen-bond acceptors (Lipinski definition) is 3. The number of aromatic nitrogens is 1. The molecule has 0 spiro atoms. The summed E-state index contributed by atoms with van der Waals surface area (Å²) < 4.78 is 0. The normalized spacial score (nSPS) is 18.3. The third kappa shape index (κ3) is 3.88. The Morgan fingerprint density at radius 1 is 1.52 bits per heavy atom. The Bertz CT molecular complexity index is 504. The van der Waals surface area contributed by atoms with Crippen LogP contribution in [0.3, 0.4) is 0 Å². The van der Waals surface area contributed by atoms with Crippen LogP contribution in [-0.2, 0) is 0 Å². The third-order valence-electron chi connectivity index (χ3n) is 4.06. The van der Waals surface area contributed by atoms with Crippen LogP contribution in [0, 0.1) is 11.8 Å². The summed E-state index contributed by atoms with van der Waals surface area (Å²) in [7, 11) is 0. The summed E-state index contributed by atoms with van der Waals surface area (Å²) >= 11 is 6.16. The number of anilines is 1. The first-order valence-electron chi connectivity index (χ1n) is 7.72. The second kappa shape index (κ2) is 7.12. The number of amides is 1. The molecule has 116 valence electrons. The molecule has 1 atom stereocenters. The van der Waals surface area contributed by atoms with E-state index < -0.39 is 0 Å². The first-order chi connectivity index (χ1) is 10.0. The minimum Gasteiger partial charge on any atom is -0.370 e. The third-order valence-corrected chi connectivity index (χ3v) is 4.36. The summed E-state index contributed by atoms with van der Waals surface area (Å²) in [5.74, 6) is 1.84. The summed E-state index contributed by atoms with van der Waals surface area (Å²) in [5.41, 5.74) is 0.363. The van der Waals surface area contributed by atoms with Crippen LogP contribution in [0.5, 0.6) is 0 Å². The van der Waals surface area contributed by atoms with Crippen LogP contribution >= 0.6 is 11.6 Å². The highest BCUT2D eigenvalue weighted by Gasteiger charge is 2.30. The fourth-order valence-electron chi connectivity index (χ4n) is 2.61. The first-order valence-corrected chi connectivity index (χ1v) is 8.10. The minimum atomic E-state index is -0.0525. The Hall–Kier alpha value is -1.29. The van der Waals surface area contributed by atoms with E-state index in [9.17, 15) is 4.79 Å². The number of carbonyl (C=O) groups is 1. The lowest BCUT2D eigenvalue weighted by atomic mass is 9.95. The van der Waals surface area contributed by atoms with Crippen molar-refractivity contribution in [2.75, 3.05) is 25.0 Å². The molecule has 2 heterocycles. The summed E-state index contributed by atoms with van der Waals surface area (Å²) in [4.78, 5) is 18.9. The quantitative estimate of drug-likeness (QED) is 0.902. The zero-order chi connectivity index (χ0) is 15.4. The van der Waals surface area contributed by atoms with Gasteiger partial charge < -0.3 is 10.2 Å². The van der Waals surface area contributed by atoms with E-state index in [-0.39, 0.29) is 5.91 Å². The number of nitrogens with zero attached hydrogens (tertiary/aromatic N) is 2. The molecule has 0 bridgehead atoms.